The fourth-order valence-electron chi connectivity index (χ4n) is 2.09. The maximum absolute atomic E-state index is 12.1. The van der Waals surface area contributed by atoms with E-state index in [0.29, 0.717) is 22.4 Å². The summed E-state index contributed by atoms with van der Waals surface area (Å²) in [5.41, 5.74) is 0.900. The third-order valence-corrected chi connectivity index (χ3v) is 6.26. The van der Waals surface area contributed by atoms with Gasteiger partial charge in [0.25, 0.3) is 0 Å². The lowest BCUT2D eigenvalue weighted by Crippen LogP contribution is -2.28. The van der Waals surface area contributed by atoms with E-state index in [1.54, 1.807) is 28.9 Å². The van der Waals surface area contributed by atoms with Crippen molar-refractivity contribution in [3.8, 4) is 5.82 Å². The fourth-order valence-corrected chi connectivity index (χ4v) is 4.45. The number of hydrogen-bond acceptors (Lipinski definition) is 7. The molecule has 0 unspecified atom stereocenters. The highest BCUT2D eigenvalue weighted by molar-refractivity contribution is 7.91. The molecule has 3 heterocycles. The molecule has 0 fully saturated rings. The van der Waals surface area contributed by atoms with Gasteiger partial charge in [0.2, 0.25) is 10.0 Å². The van der Waals surface area contributed by atoms with E-state index < -0.39 is 10.0 Å². The van der Waals surface area contributed by atoms with E-state index in [1.165, 1.54) is 11.3 Å². The van der Waals surface area contributed by atoms with Crippen molar-refractivity contribution in [2.45, 2.75) is 18.1 Å². The molecule has 0 spiro atoms. The molecule has 0 bridgehead atoms. The minimum atomic E-state index is -3.45. The van der Waals surface area contributed by atoms with Gasteiger partial charge in [0.15, 0.2) is 5.82 Å². The molecular weight excluding hydrogens is 360 g/mol. The number of thiophene rings is 1. The van der Waals surface area contributed by atoms with Crippen LogP contribution in [-0.2, 0) is 10.0 Å². The minimum absolute atomic E-state index is 0.251. The first-order valence-electron chi connectivity index (χ1n) is 7.60. The Bertz CT molecular complexity index is 947. The molecular formula is C15H18N6O2S2. The quantitative estimate of drug-likeness (QED) is 0.607. The second kappa shape index (κ2) is 7.30. The summed E-state index contributed by atoms with van der Waals surface area (Å²) in [6, 6.07) is 8.85. The number of aryl methyl sites for hydroxylation is 2. The molecule has 0 aromatic carbocycles. The zero-order valence-corrected chi connectivity index (χ0v) is 15.4. The molecule has 3 aromatic heterocycles. The molecule has 0 aliphatic carbocycles. The van der Waals surface area contributed by atoms with Crippen LogP contribution in [0.2, 0.25) is 0 Å². The van der Waals surface area contributed by atoms with Gasteiger partial charge in [-0.15, -0.1) is 21.5 Å². The number of hydrogen-bond donors (Lipinski definition) is 2. The first-order valence-corrected chi connectivity index (χ1v) is 9.90. The van der Waals surface area contributed by atoms with E-state index in [1.807, 2.05) is 26.1 Å². The minimum Gasteiger partial charge on any atom is -0.367 e. The van der Waals surface area contributed by atoms with Gasteiger partial charge >= 0.3 is 0 Å². The molecule has 0 aliphatic rings. The van der Waals surface area contributed by atoms with E-state index in [4.69, 9.17) is 0 Å². The topological polar surface area (TPSA) is 102 Å². The third kappa shape index (κ3) is 4.41. The van der Waals surface area contributed by atoms with Crippen LogP contribution in [0.3, 0.4) is 0 Å². The summed E-state index contributed by atoms with van der Waals surface area (Å²) in [6.45, 7) is 4.43. The van der Waals surface area contributed by atoms with Crippen LogP contribution < -0.4 is 10.0 Å². The van der Waals surface area contributed by atoms with Crippen LogP contribution in [0.15, 0.2) is 40.7 Å². The van der Waals surface area contributed by atoms with E-state index in [-0.39, 0.29) is 6.54 Å². The lowest BCUT2D eigenvalue weighted by molar-refractivity contribution is 0.585. The molecule has 132 valence electrons. The Morgan fingerprint density at radius 2 is 1.92 bits per heavy atom. The average molecular weight is 378 g/mol. The van der Waals surface area contributed by atoms with Gasteiger partial charge in [-0.05, 0) is 44.2 Å². The van der Waals surface area contributed by atoms with Gasteiger partial charge in [-0.1, -0.05) is 0 Å². The second-order valence-electron chi connectivity index (χ2n) is 5.37. The Kier molecular flexibility index (Phi) is 5.11. The third-order valence-electron chi connectivity index (χ3n) is 3.31. The molecule has 0 amide bonds. The van der Waals surface area contributed by atoms with Gasteiger partial charge in [-0.25, -0.2) is 17.8 Å². The van der Waals surface area contributed by atoms with Crippen molar-refractivity contribution < 1.29 is 8.42 Å². The van der Waals surface area contributed by atoms with Crippen molar-refractivity contribution in [3.05, 3.63) is 47.1 Å². The largest absolute Gasteiger partial charge is 0.367 e. The zero-order valence-electron chi connectivity index (χ0n) is 13.8. The van der Waals surface area contributed by atoms with Crippen LogP contribution in [0.25, 0.3) is 5.82 Å². The highest BCUT2D eigenvalue weighted by Gasteiger charge is 2.15. The monoisotopic (exact) mass is 378 g/mol. The van der Waals surface area contributed by atoms with Crippen LogP contribution in [0.5, 0.6) is 0 Å². The van der Waals surface area contributed by atoms with Crippen LogP contribution >= 0.6 is 11.3 Å². The maximum atomic E-state index is 12.1. The molecule has 0 saturated carbocycles. The average Bonchev–Trinajstić information content (AvgIpc) is 3.21. The van der Waals surface area contributed by atoms with Gasteiger partial charge in [0, 0.05) is 24.2 Å². The number of nitrogens with zero attached hydrogens (tertiary/aromatic N) is 4. The summed E-state index contributed by atoms with van der Waals surface area (Å²) in [5.74, 6) is 1.19. The highest BCUT2D eigenvalue weighted by atomic mass is 32.2. The van der Waals surface area contributed by atoms with Crippen LogP contribution in [-0.4, -0.2) is 41.5 Å². The lowest BCUT2D eigenvalue weighted by atomic mass is 10.5. The molecule has 3 aromatic rings. The number of rotatable bonds is 7. The van der Waals surface area contributed by atoms with Gasteiger partial charge in [0.1, 0.15) is 10.0 Å². The molecule has 0 saturated heterocycles. The Hall–Kier alpha value is -2.30. The number of nitrogens with one attached hydrogen (secondary N) is 2. The molecule has 2 N–H and O–H groups in total. The zero-order chi connectivity index (χ0) is 17.9. The van der Waals surface area contributed by atoms with Crippen LogP contribution in [0, 0.1) is 13.8 Å². The molecule has 0 atom stereocenters. The lowest BCUT2D eigenvalue weighted by Gasteiger charge is -2.07. The van der Waals surface area contributed by atoms with Crippen molar-refractivity contribution in [2.75, 3.05) is 18.4 Å². The predicted octanol–water partition coefficient (Wildman–Crippen LogP) is 1.73. The van der Waals surface area contributed by atoms with Crippen molar-refractivity contribution >= 4 is 27.2 Å². The number of aromatic nitrogens is 4. The predicted molar refractivity (Wildman–Crippen MR) is 96.6 cm³/mol. The first-order chi connectivity index (χ1) is 11.9. The van der Waals surface area contributed by atoms with Crippen molar-refractivity contribution in [1.82, 2.24) is 24.7 Å². The van der Waals surface area contributed by atoms with E-state index in [0.717, 1.165) is 10.6 Å². The van der Waals surface area contributed by atoms with Gasteiger partial charge in [-0.2, -0.15) is 5.10 Å². The summed E-state index contributed by atoms with van der Waals surface area (Å²) in [5, 5.41) is 15.4. The van der Waals surface area contributed by atoms with Crippen molar-refractivity contribution in [3.63, 3.8) is 0 Å². The molecule has 25 heavy (non-hydrogen) atoms. The summed E-state index contributed by atoms with van der Waals surface area (Å²) < 4.78 is 28.7. The summed E-state index contributed by atoms with van der Waals surface area (Å²) in [6.07, 6.45) is 1.81. The summed E-state index contributed by atoms with van der Waals surface area (Å²) in [4.78, 5) is 0.959. The summed E-state index contributed by atoms with van der Waals surface area (Å²) >= 11 is 1.25. The van der Waals surface area contributed by atoms with E-state index in [9.17, 15) is 8.42 Å². The maximum Gasteiger partial charge on any atom is 0.250 e. The summed E-state index contributed by atoms with van der Waals surface area (Å²) in [7, 11) is -3.45. The molecule has 3 rings (SSSR count). The van der Waals surface area contributed by atoms with Crippen molar-refractivity contribution in [2.24, 2.45) is 0 Å². The van der Waals surface area contributed by atoms with Crippen molar-refractivity contribution in [1.29, 1.82) is 0 Å². The SMILES string of the molecule is Cc1ccn(-c2ccc(NCCNS(=O)(=O)c3ccc(C)s3)nn2)n1. The fraction of sp³-hybridized carbons (Fsp3) is 0.267. The van der Waals surface area contributed by atoms with Crippen LogP contribution in [0.4, 0.5) is 5.82 Å². The Morgan fingerprint density at radius 3 is 2.52 bits per heavy atom. The Labute approximate surface area is 150 Å². The molecule has 0 radical (unpaired) electrons. The van der Waals surface area contributed by atoms with Crippen LogP contribution in [0.1, 0.15) is 10.6 Å². The number of sulfonamides is 1. The van der Waals surface area contributed by atoms with Gasteiger partial charge in [0.05, 0.1) is 5.69 Å². The Balaban J connectivity index is 1.51. The standard InChI is InChI=1S/C15H18N6O2S2/c1-11-7-10-21(20-11)14-5-4-13(18-19-14)16-8-9-17-25(22,23)15-6-3-12(2)24-15/h3-7,10,17H,8-9H2,1-2H3,(H,16,18). The second-order valence-corrected chi connectivity index (χ2v) is 8.65. The normalized spacial score (nSPS) is 11.6. The van der Waals surface area contributed by atoms with E-state index in [2.05, 4.69) is 25.3 Å². The van der Waals surface area contributed by atoms with E-state index >= 15 is 0 Å². The van der Waals surface area contributed by atoms with Gasteiger partial charge in [-0.3, -0.25) is 0 Å². The van der Waals surface area contributed by atoms with Gasteiger partial charge < -0.3 is 5.32 Å². The Morgan fingerprint density at radius 1 is 1.08 bits per heavy atom. The number of anilines is 1. The highest BCUT2D eigenvalue weighted by Crippen LogP contribution is 2.20. The molecule has 0 aliphatic heterocycles. The molecule has 10 heteroatoms. The first kappa shape index (κ1) is 17.5. The smallest absolute Gasteiger partial charge is 0.250 e. The molecule has 8 nitrogen and oxygen atoms in total.